The van der Waals surface area contributed by atoms with Gasteiger partial charge in [0.05, 0.1) is 18.7 Å². The molecule has 17 heavy (non-hydrogen) atoms. The smallest absolute Gasteiger partial charge is 0.112 e. The van der Waals surface area contributed by atoms with Gasteiger partial charge in [-0.2, -0.15) is 0 Å². The molecule has 1 aromatic carbocycles. The van der Waals surface area contributed by atoms with E-state index in [1.165, 1.54) is 0 Å². The van der Waals surface area contributed by atoms with E-state index < -0.39 is 0 Å². The highest BCUT2D eigenvalue weighted by molar-refractivity contribution is 7.09. The lowest BCUT2D eigenvalue weighted by Gasteiger charge is -2.06. The average molecular weight is 244 g/mol. The maximum Gasteiger partial charge on any atom is 0.112 e. The number of thiazole rings is 1. The van der Waals surface area contributed by atoms with Crippen molar-refractivity contribution in [2.45, 2.75) is 13.2 Å². The Bertz CT molecular complexity index is 628. The van der Waals surface area contributed by atoms with E-state index in [0.717, 1.165) is 28.0 Å². The third-order valence-electron chi connectivity index (χ3n) is 2.83. The maximum absolute atomic E-state index is 9.38. The van der Waals surface area contributed by atoms with E-state index in [-0.39, 0.29) is 6.61 Å². The molecule has 86 valence electrons. The van der Waals surface area contributed by atoms with Gasteiger partial charge in [0.2, 0.25) is 0 Å². The first-order valence-corrected chi connectivity index (χ1v) is 6.32. The topological polar surface area (TPSA) is 38.0 Å². The molecule has 4 heteroatoms. The monoisotopic (exact) mass is 244 g/mol. The van der Waals surface area contributed by atoms with Gasteiger partial charge < -0.3 is 9.67 Å². The average Bonchev–Trinajstić information content (AvgIpc) is 2.99. The van der Waals surface area contributed by atoms with E-state index in [2.05, 4.69) is 21.7 Å². The Morgan fingerprint density at radius 2 is 2.24 bits per heavy atom. The highest BCUT2D eigenvalue weighted by Crippen LogP contribution is 2.21. The fourth-order valence-electron chi connectivity index (χ4n) is 2.08. The Morgan fingerprint density at radius 3 is 3.00 bits per heavy atom. The van der Waals surface area contributed by atoms with Crippen LogP contribution in [-0.4, -0.2) is 14.7 Å². The van der Waals surface area contributed by atoms with Crippen LogP contribution in [0.2, 0.25) is 0 Å². The predicted molar refractivity (Wildman–Crippen MR) is 69.1 cm³/mol. The van der Waals surface area contributed by atoms with Crippen LogP contribution in [0.4, 0.5) is 0 Å². The van der Waals surface area contributed by atoms with Gasteiger partial charge >= 0.3 is 0 Å². The lowest BCUT2D eigenvalue weighted by atomic mass is 10.1. The summed E-state index contributed by atoms with van der Waals surface area (Å²) in [5, 5.41) is 13.6. The third-order valence-corrected chi connectivity index (χ3v) is 3.60. The van der Waals surface area contributed by atoms with Gasteiger partial charge in [-0.1, -0.05) is 18.2 Å². The lowest BCUT2D eigenvalue weighted by Crippen LogP contribution is -1.99. The van der Waals surface area contributed by atoms with Crippen LogP contribution in [-0.2, 0) is 13.2 Å². The first kappa shape index (κ1) is 10.5. The van der Waals surface area contributed by atoms with Crippen LogP contribution in [0.3, 0.4) is 0 Å². The van der Waals surface area contributed by atoms with Gasteiger partial charge in [-0.25, -0.2) is 4.98 Å². The van der Waals surface area contributed by atoms with Gasteiger partial charge in [-0.15, -0.1) is 11.3 Å². The minimum Gasteiger partial charge on any atom is -0.392 e. The van der Waals surface area contributed by atoms with Gasteiger partial charge in [-0.3, -0.25) is 0 Å². The Hall–Kier alpha value is -1.65. The number of benzene rings is 1. The van der Waals surface area contributed by atoms with Crippen LogP contribution in [0.25, 0.3) is 10.9 Å². The van der Waals surface area contributed by atoms with E-state index in [0.29, 0.717) is 0 Å². The molecule has 0 unspecified atom stereocenters. The van der Waals surface area contributed by atoms with Gasteiger partial charge in [-0.05, 0) is 11.5 Å². The van der Waals surface area contributed by atoms with Crippen molar-refractivity contribution in [1.29, 1.82) is 0 Å². The largest absolute Gasteiger partial charge is 0.392 e. The number of rotatable bonds is 3. The number of para-hydroxylation sites is 1. The minimum absolute atomic E-state index is 0.0687. The van der Waals surface area contributed by atoms with E-state index in [1.807, 2.05) is 29.9 Å². The summed E-state index contributed by atoms with van der Waals surface area (Å²) in [5.41, 5.74) is 2.06. The third kappa shape index (κ3) is 1.85. The van der Waals surface area contributed by atoms with E-state index in [4.69, 9.17) is 0 Å². The summed E-state index contributed by atoms with van der Waals surface area (Å²) in [5.74, 6) is 0. The van der Waals surface area contributed by atoms with Crippen molar-refractivity contribution in [3.8, 4) is 0 Å². The molecule has 2 aromatic heterocycles. The molecule has 3 rings (SSSR count). The lowest BCUT2D eigenvalue weighted by molar-refractivity contribution is 0.283. The molecule has 1 N–H and O–H groups in total. The number of aromatic nitrogens is 2. The Balaban J connectivity index is 2.10. The molecule has 0 spiro atoms. The minimum atomic E-state index is 0.0687. The van der Waals surface area contributed by atoms with Crippen LogP contribution in [0.5, 0.6) is 0 Å². The van der Waals surface area contributed by atoms with Crippen molar-refractivity contribution < 1.29 is 5.11 Å². The van der Waals surface area contributed by atoms with E-state index in [9.17, 15) is 5.11 Å². The number of hydrogen-bond donors (Lipinski definition) is 1. The summed E-state index contributed by atoms with van der Waals surface area (Å²) in [4.78, 5) is 4.29. The molecule has 0 amide bonds. The summed E-state index contributed by atoms with van der Waals surface area (Å²) in [6.07, 6.45) is 3.86. The molecular formula is C13H12N2OS. The second kappa shape index (κ2) is 4.31. The van der Waals surface area contributed by atoms with Gasteiger partial charge in [0.25, 0.3) is 0 Å². The van der Waals surface area contributed by atoms with Crippen LogP contribution in [0.15, 0.2) is 42.0 Å². The van der Waals surface area contributed by atoms with Crippen LogP contribution < -0.4 is 0 Å². The van der Waals surface area contributed by atoms with E-state index in [1.54, 1.807) is 11.3 Å². The molecule has 0 aliphatic rings. The van der Waals surface area contributed by atoms with Crippen molar-refractivity contribution in [2.24, 2.45) is 0 Å². The Kier molecular flexibility index (Phi) is 2.66. The zero-order valence-corrected chi connectivity index (χ0v) is 10.0. The number of aliphatic hydroxyl groups is 1. The first-order chi connectivity index (χ1) is 8.38. The second-order valence-corrected chi connectivity index (χ2v) is 4.86. The molecule has 3 aromatic rings. The zero-order chi connectivity index (χ0) is 11.7. The van der Waals surface area contributed by atoms with Crippen molar-refractivity contribution in [1.82, 2.24) is 9.55 Å². The quantitative estimate of drug-likeness (QED) is 0.769. The summed E-state index contributed by atoms with van der Waals surface area (Å²) >= 11 is 1.65. The zero-order valence-electron chi connectivity index (χ0n) is 9.21. The summed E-state index contributed by atoms with van der Waals surface area (Å²) in [7, 11) is 0. The van der Waals surface area contributed by atoms with Gasteiger partial charge in [0.1, 0.15) is 5.01 Å². The highest BCUT2D eigenvalue weighted by Gasteiger charge is 2.07. The molecule has 0 aliphatic heterocycles. The Morgan fingerprint density at radius 1 is 1.29 bits per heavy atom. The highest BCUT2D eigenvalue weighted by atomic mass is 32.1. The van der Waals surface area contributed by atoms with Crippen molar-refractivity contribution in [3.63, 3.8) is 0 Å². The van der Waals surface area contributed by atoms with E-state index >= 15 is 0 Å². The van der Waals surface area contributed by atoms with Crippen LogP contribution in [0.1, 0.15) is 10.6 Å². The second-order valence-electron chi connectivity index (χ2n) is 3.88. The summed E-state index contributed by atoms with van der Waals surface area (Å²) in [6.45, 7) is 0.831. The molecule has 0 bridgehead atoms. The Labute approximate surface area is 103 Å². The molecule has 0 saturated carbocycles. The maximum atomic E-state index is 9.38. The molecule has 0 aliphatic carbocycles. The van der Waals surface area contributed by atoms with Crippen molar-refractivity contribution in [2.75, 3.05) is 0 Å². The number of fused-ring (bicyclic) bond motifs is 1. The normalized spacial score (nSPS) is 11.1. The summed E-state index contributed by atoms with van der Waals surface area (Å²) < 4.78 is 2.14. The molecule has 3 nitrogen and oxygen atoms in total. The molecule has 0 radical (unpaired) electrons. The van der Waals surface area contributed by atoms with Crippen LogP contribution >= 0.6 is 11.3 Å². The number of nitrogens with zero attached hydrogens (tertiary/aromatic N) is 2. The predicted octanol–water partition coefficient (Wildman–Crippen LogP) is 2.64. The van der Waals surface area contributed by atoms with Crippen molar-refractivity contribution in [3.05, 3.63) is 52.6 Å². The number of aliphatic hydroxyl groups excluding tert-OH is 1. The molecule has 0 atom stereocenters. The first-order valence-electron chi connectivity index (χ1n) is 5.44. The standard InChI is InChI=1S/C13H12N2OS/c16-9-11-3-1-2-10-4-6-15(13(10)11)8-12-14-5-7-17-12/h1-7,16H,8-9H2. The van der Waals surface area contributed by atoms with Gasteiger partial charge in [0.15, 0.2) is 0 Å². The molecule has 2 heterocycles. The van der Waals surface area contributed by atoms with Crippen LogP contribution in [0, 0.1) is 0 Å². The fraction of sp³-hybridized carbons (Fsp3) is 0.154. The van der Waals surface area contributed by atoms with Crippen molar-refractivity contribution >= 4 is 22.2 Å². The molecule has 0 fully saturated rings. The SMILES string of the molecule is OCc1cccc2ccn(Cc3nccs3)c12. The summed E-state index contributed by atoms with van der Waals surface area (Å²) in [6, 6.07) is 8.07. The molecular weight excluding hydrogens is 232 g/mol. The molecule has 0 saturated heterocycles. The van der Waals surface area contributed by atoms with Gasteiger partial charge in [0, 0.05) is 23.3 Å². The number of hydrogen-bond acceptors (Lipinski definition) is 3. The fourth-order valence-corrected chi connectivity index (χ4v) is 2.69.